The summed E-state index contributed by atoms with van der Waals surface area (Å²) in [6, 6.07) is 8.64. The molecular formula is C25H32ClF2NO. The quantitative estimate of drug-likeness (QED) is 0.350. The fourth-order valence-corrected chi connectivity index (χ4v) is 4.66. The zero-order chi connectivity index (χ0) is 21.3. The minimum absolute atomic E-state index is 0.0495. The number of benzene rings is 1. The van der Waals surface area contributed by atoms with Crippen LogP contribution in [0.5, 0.6) is 5.75 Å². The van der Waals surface area contributed by atoms with E-state index in [0.717, 1.165) is 18.3 Å². The van der Waals surface area contributed by atoms with Gasteiger partial charge in [-0.05, 0) is 54.5 Å². The van der Waals surface area contributed by atoms with Gasteiger partial charge in [0.1, 0.15) is 5.75 Å². The van der Waals surface area contributed by atoms with Crippen molar-refractivity contribution in [2.75, 3.05) is 0 Å². The zero-order valence-corrected chi connectivity index (χ0v) is 18.5. The number of hydrogen-bond acceptors (Lipinski definition) is 2. The molecule has 0 spiro atoms. The lowest BCUT2D eigenvalue weighted by Gasteiger charge is -2.28. The van der Waals surface area contributed by atoms with Crippen molar-refractivity contribution in [3.8, 4) is 17.0 Å². The highest BCUT2D eigenvalue weighted by Crippen LogP contribution is 2.35. The van der Waals surface area contributed by atoms with Crippen LogP contribution in [0, 0.1) is 11.8 Å². The van der Waals surface area contributed by atoms with E-state index in [0.29, 0.717) is 16.3 Å². The molecule has 0 radical (unpaired) electrons. The largest absolute Gasteiger partial charge is 0.434 e. The van der Waals surface area contributed by atoms with Crippen molar-refractivity contribution < 1.29 is 13.5 Å². The first kappa shape index (κ1) is 23.0. The lowest BCUT2D eigenvalue weighted by Crippen LogP contribution is -2.15. The van der Waals surface area contributed by atoms with Gasteiger partial charge < -0.3 is 4.74 Å². The van der Waals surface area contributed by atoms with Crippen LogP contribution < -0.4 is 4.74 Å². The Morgan fingerprint density at radius 2 is 1.77 bits per heavy atom. The molecule has 30 heavy (non-hydrogen) atoms. The molecular weight excluding hydrogens is 404 g/mol. The van der Waals surface area contributed by atoms with Gasteiger partial charge in [-0.1, -0.05) is 76.0 Å². The summed E-state index contributed by atoms with van der Waals surface area (Å²) in [6.45, 7) is -0.632. The van der Waals surface area contributed by atoms with Gasteiger partial charge in [0, 0.05) is 16.8 Å². The van der Waals surface area contributed by atoms with Gasteiger partial charge in [-0.3, -0.25) is 4.98 Å². The third-order valence-corrected chi connectivity index (χ3v) is 6.52. The van der Waals surface area contributed by atoms with Gasteiger partial charge in [0.05, 0.1) is 5.69 Å². The molecule has 1 heterocycles. The monoisotopic (exact) mass is 435 g/mol. The summed E-state index contributed by atoms with van der Waals surface area (Å²) in [5, 5.41) is 0.353. The predicted octanol–water partition coefficient (Wildman–Crippen LogP) is 8.32. The topological polar surface area (TPSA) is 22.1 Å². The normalized spacial score (nSPS) is 19.2. The van der Waals surface area contributed by atoms with Crippen LogP contribution in [0.25, 0.3) is 11.3 Å². The van der Waals surface area contributed by atoms with E-state index in [1.165, 1.54) is 69.4 Å². The van der Waals surface area contributed by atoms with E-state index in [4.69, 9.17) is 11.6 Å². The number of alkyl halides is 2. The van der Waals surface area contributed by atoms with E-state index in [1.807, 2.05) is 18.3 Å². The smallest absolute Gasteiger partial charge is 0.387 e. The Morgan fingerprint density at radius 1 is 1.03 bits per heavy atom. The fraction of sp³-hybridized carbons (Fsp3) is 0.560. The van der Waals surface area contributed by atoms with Crippen LogP contribution in [0.3, 0.4) is 0 Å². The van der Waals surface area contributed by atoms with Crippen LogP contribution in [-0.4, -0.2) is 11.6 Å². The van der Waals surface area contributed by atoms with Gasteiger partial charge >= 0.3 is 6.61 Å². The first-order valence-corrected chi connectivity index (χ1v) is 11.6. The third-order valence-electron chi connectivity index (χ3n) is 6.28. The molecule has 1 aromatic heterocycles. The van der Waals surface area contributed by atoms with Crippen LogP contribution in [-0.2, 0) is 6.42 Å². The number of aromatic nitrogens is 1. The van der Waals surface area contributed by atoms with Crippen LogP contribution in [0.2, 0.25) is 5.02 Å². The lowest BCUT2D eigenvalue weighted by molar-refractivity contribution is -0.0494. The molecule has 1 aromatic carbocycles. The van der Waals surface area contributed by atoms with Crippen LogP contribution in [0.1, 0.15) is 70.3 Å². The maximum atomic E-state index is 12.7. The van der Waals surface area contributed by atoms with Crippen molar-refractivity contribution in [1.29, 1.82) is 0 Å². The Kier molecular flexibility index (Phi) is 8.92. The molecule has 0 unspecified atom stereocenters. The molecule has 1 fully saturated rings. The summed E-state index contributed by atoms with van der Waals surface area (Å²) in [7, 11) is 0. The van der Waals surface area contributed by atoms with E-state index in [1.54, 1.807) is 12.1 Å². The molecule has 0 amide bonds. The molecule has 0 bridgehead atoms. The fourth-order valence-electron chi connectivity index (χ4n) is 4.50. The van der Waals surface area contributed by atoms with Gasteiger partial charge in [-0.15, -0.1) is 0 Å². The van der Waals surface area contributed by atoms with Crippen molar-refractivity contribution in [3.63, 3.8) is 0 Å². The van der Waals surface area contributed by atoms with E-state index < -0.39 is 6.61 Å². The van der Waals surface area contributed by atoms with Crippen molar-refractivity contribution in [3.05, 3.63) is 47.1 Å². The molecule has 164 valence electrons. The summed E-state index contributed by atoms with van der Waals surface area (Å²) in [6.07, 6.45) is 15.0. The maximum Gasteiger partial charge on any atom is 0.387 e. The SMILES string of the molecule is CCCCCC1CCC(CCc2ccc(-c3ccc(Cl)cc3OC(F)F)nc2)CC1. The Balaban J connectivity index is 1.51. The summed E-state index contributed by atoms with van der Waals surface area (Å²) in [5.41, 5.74) is 2.32. The van der Waals surface area contributed by atoms with E-state index in [-0.39, 0.29) is 5.75 Å². The van der Waals surface area contributed by atoms with Crippen LogP contribution in [0.15, 0.2) is 36.5 Å². The summed E-state index contributed by atoms with van der Waals surface area (Å²) < 4.78 is 30.0. The summed E-state index contributed by atoms with van der Waals surface area (Å²) in [5.74, 6) is 1.81. The molecule has 0 saturated heterocycles. The second kappa shape index (κ2) is 11.6. The average molecular weight is 436 g/mol. The van der Waals surface area contributed by atoms with Crippen LogP contribution >= 0.6 is 11.6 Å². The maximum absolute atomic E-state index is 12.7. The first-order chi connectivity index (χ1) is 14.5. The minimum Gasteiger partial charge on any atom is -0.434 e. The molecule has 3 rings (SSSR count). The van der Waals surface area contributed by atoms with Crippen molar-refractivity contribution in [2.24, 2.45) is 11.8 Å². The molecule has 0 aliphatic heterocycles. The molecule has 1 aliphatic rings. The molecule has 1 saturated carbocycles. The lowest BCUT2D eigenvalue weighted by atomic mass is 9.78. The second-order valence-corrected chi connectivity index (χ2v) is 8.93. The van der Waals surface area contributed by atoms with E-state index in [2.05, 4.69) is 16.6 Å². The van der Waals surface area contributed by atoms with Gasteiger partial charge in [-0.25, -0.2) is 0 Å². The number of rotatable bonds is 10. The highest BCUT2D eigenvalue weighted by molar-refractivity contribution is 6.30. The number of aryl methyl sites for hydroxylation is 1. The minimum atomic E-state index is -2.90. The Labute approximate surface area is 184 Å². The summed E-state index contributed by atoms with van der Waals surface area (Å²) in [4.78, 5) is 4.50. The van der Waals surface area contributed by atoms with Gasteiger partial charge in [0.2, 0.25) is 0 Å². The standard InChI is InChI=1S/C25H32ClF2NO/c1-2-3-4-5-18-6-8-19(9-7-18)10-11-20-12-15-23(29-17-20)22-14-13-21(26)16-24(22)30-25(27)28/h12-19,25H,2-11H2,1H3. The number of halogens is 3. The first-order valence-electron chi connectivity index (χ1n) is 11.2. The Bertz CT molecular complexity index is 773. The van der Waals surface area contributed by atoms with Crippen molar-refractivity contribution in [1.82, 2.24) is 4.98 Å². The molecule has 1 aliphatic carbocycles. The molecule has 2 aromatic rings. The zero-order valence-electron chi connectivity index (χ0n) is 17.8. The molecule has 5 heteroatoms. The van der Waals surface area contributed by atoms with E-state index >= 15 is 0 Å². The van der Waals surface area contributed by atoms with E-state index in [9.17, 15) is 8.78 Å². The molecule has 2 nitrogen and oxygen atoms in total. The van der Waals surface area contributed by atoms with Gasteiger partial charge in [0.15, 0.2) is 0 Å². The van der Waals surface area contributed by atoms with Crippen molar-refractivity contribution in [2.45, 2.75) is 77.7 Å². The number of unbranched alkanes of at least 4 members (excludes halogenated alkanes) is 2. The Hall–Kier alpha value is -1.68. The number of ether oxygens (including phenoxy) is 1. The molecule has 0 N–H and O–H groups in total. The highest BCUT2D eigenvalue weighted by atomic mass is 35.5. The average Bonchev–Trinajstić information content (AvgIpc) is 2.74. The van der Waals surface area contributed by atoms with Crippen LogP contribution in [0.4, 0.5) is 8.78 Å². The second-order valence-electron chi connectivity index (χ2n) is 8.49. The Morgan fingerprint density at radius 3 is 2.40 bits per heavy atom. The summed E-state index contributed by atoms with van der Waals surface area (Å²) >= 11 is 5.92. The highest BCUT2D eigenvalue weighted by Gasteiger charge is 2.20. The van der Waals surface area contributed by atoms with Crippen molar-refractivity contribution >= 4 is 11.6 Å². The molecule has 0 atom stereocenters. The van der Waals surface area contributed by atoms with Gasteiger partial charge in [0.25, 0.3) is 0 Å². The number of nitrogens with zero attached hydrogens (tertiary/aromatic N) is 1. The predicted molar refractivity (Wildman–Crippen MR) is 119 cm³/mol. The third kappa shape index (κ3) is 6.94. The number of pyridine rings is 1. The van der Waals surface area contributed by atoms with Gasteiger partial charge in [-0.2, -0.15) is 8.78 Å². The number of hydrogen-bond donors (Lipinski definition) is 0.